The molecule has 2 aromatic heterocycles. The van der Waals surface area contributed by atoms with Gasteiger partial charge in [-0.05, 0) is 68.0 Å². The summed E-state index contributed by atoms with van der Waals surface area (Å²) in [4.78, 5) is 26.2. The zero-order valence-corrected chi connectivity index (χ0v) is 19.9. The van der Waals surface area contributed by atoms with E-state index in [4.69, 9.17) is 5.10 Å². The summed E-state index contributed by atoms with van der Waals surface area (Å²) in [5.41, 5.74) is 7.07. The molecule has 0 unspecified atom stereocenters. The van der Waals surface area contributed by atoms with E-state index in [0.717, 1.165) is 52.0 Å². The number of carbonyl (C=O) groups is 1. The van der Waals surface area contributed by atoms with E-state index in [0.29, 0.717) is 5.65 Å². The van der Waals surface area contributed by atoms with Crippen LogP contribution < -0.4 is 10.9 Å². The van der Waals surface area contributed by atoms with Crippen molar-refractivity contribution in [3.63, 3.8) is 0 Å². The first-order valence-electron chi connectivity index (χ1n) is 11.4. The Morgan fingerprint density at radius 2 is 1.70 bits per heavy atom. The number of rotatable bonds is 6. The van der Waals surface area contributed by atoms with Crippen LogP contribution in [0.3, 0.4) is 0 Å². The van der Waals surface area contributed by atoms with Gasteiger partial charge in [0, 0.05) is 17.1 Å². The van der Waals surface area contributed by atoms with Crippen LogP contribution >= 0.6 is 0 Å². The minimum atomic E-state index is -0.238. The van der Waals surface area contributed by atoms with Crippen molar-refractivity contribution in [2.45, 2.75) is 54.0 Å². The highest BCUT2D eigenvalue weighted by molar-refractivity contribution is 5.93. The van der Waals surface area contributed by atoms with Gasteiger partial charge in [0.05, 0.1) is 11.4 Å². The van der Waals surface area contributed by atoms with E-state index in [2.05, 4.69) is 31.3 Å². The van der Waals surface area contributed by atoms with E-state index in [-0.39, 0.29) is 18.0 Å². The molecule has 6 nitrogen and oxygen atoms in total. The Morgan fingerprint density at radius 3 is 2.36 bits per heavy atom. The Balaban J connectivity index is 1.81. The standard InChI is InChI=1S/C27H30N4O2/c1-6-20-11-13-22(14-12-20)31-27-25(19(5)29-31)18(4)15-24(33)30(27)16-23(32)28-26-17(3)9-8-10-21(26)7-2/h8-15H,6-7,16H2,1-5H3,(H,28,32). The topological polar surface area (TPSA) is 68.9 Å². The lowest BCUT2D eigenvalue weighted by atomic mass is 10.1. The maximum atomic E-state index is 13.1. The summed E-state index contributed by atoms with van der Waals surface area (Å²) >= 11 is 0. The first kappa shape index (κ1) is 22.5. The third kappa shape index (κ3) is 4.21. The second-order valence-corrected chi connectivity index (χ2v) is 8.48. The van der Waals surface area contributed by atoms with Gasteiger partial charge in [0.1, 0.15) is 12.2 Å². The lowest BCUT2D eigenvalue weighted by Gasteiger charge is -2.15. The van der Waals surface area contributed by atoms with Crippen LogP contribution in [0, 0.1) is 20.8 Å². The van der Waals surface area contributed by atoms with Gasteiger partial charge in [-0.25, -0.2) is 4.68 Å². The Bertz CT molecular complexity index is 1390. The van der Waals surface area contributed by atoms with Crippen molar-refractivity contribution in [3.05, 3.63) is 86.8 Å². The van der Waals surface area contributed by atoms with Crippen LogP contribution in [0.15, 0.2) is 53.3 Å². The second kappa shape index (κ2) is 9.06. The van der Waals surface area contributed by atoms with Gasteiger partial charge in [-0.3, -0.25) is 14.2 Å². The smallest absolute Gasteiger partial charge is 0.252 e. The summed E-state index contributed by atoms with van der Waals surface area (Å²) in [5, 5.41) is 8.67. The summed E-state index contributed by atoms with van der Waals surface area (Å²) in [6.07, 6.45) is 1.76. The number of aryl methyl sites for hydroxylation is 5. The predicted octanol–water partition coefficient (Wildman–Crippen LogP) is 4.88. The van der Waals surface area contributed by atoms with Crippen LogP contribution in [0.1, 0.15) is 41.8 Å². The number of para-hydroxylation sites is 1. The number of nitrogens with one attached hydrogen (secondary N) is 1. The molecule has 6 heteroatoms. The van der Waals surface area contributed by atoms with Crippen LogP contribution in [0.25, 0.3) is 16.7 Å². The number of aromatic nitrogens is 3. The molecule has 0 radical (unpaired) electrons. The number of hydrogen-bond acceptors (Lipinski definition) is 3. The van der Waals surface area contributed by atoms with E-state index >= 15 is 0 Å². The van der Waals surface area contributed by atoms with Crippen LogP contribution in [-0.2, 0) is 24.2 Å². The van der Waals surface area contributed by atoms with Gasteiger partial charge in [0.2, 0.25) is 5.91 Å². The molecule has 2 aromatic carbocycles. The summed E-state index contributed by atoms with van der Waals surface area (Å²) in [5.74, 6) is -0.238. The number of benzene rings is 2. The third-order valence-corrected chi connectivity index (χ3v) is 6.19. The van der Waals surface area contributed by atoms with Crippen LogP contribution in [-0.4, -0.2) is 20.3 Å². The van der Waals surface area contributed by atoms with Crippen molar-refractivity contribution in [2.75, 3.05) is 5.32 Å². The van der Waals surface area contributed by atoms with E-state index < -0.39 is 0 Å². The lowest BCUT2D eigenvalue weighted by Crippen LogP contribution is -2.29. The molecule has 4 rings (SSSR count). The molecule has 1 N–H and O–H groups in total. The molecule has 0 aliphatic heterocycles. The zero-order valence-electron chi connectivity index (χ0n) is 19.9. The highest BCUT2D eigenvalue weighted by Gasteiger charge is 2.19. The first-order chi connectivity index (χ1) is 15.8. The Kier molecular flexibility index (Phi) is 6.18. The van der Waals surface area contributed by atoms with Crippen LogP contribution in [0.5, 0.6) is 0 Å². The summed E-state index contributed by atoms with van der Waals surface area (Å²) in [6, 6.07) is 15.7. The van der Waals surface area contributed by atoms with E-state index in [1.165, 1.54) is 10.1 Å². The number of fused-ring (bicyclic) bond motifs is 1. The van der Waals surface area contributed by atoms with Crippen molar-refractivity contribution in [3.8, 4) is 5.69 Å². The number of carbonyl (C=O) groups excluding carboxylic acids is 1. The zero-order chi connectivity index (χ0) is 23.7. The van der Waals surface area contributed by atoms with Crippen molar-refractivity contribution >= 4 is 22.6 Å². The maximum absolute atomic E-state index is 13.1. The molecule has 0 aliphatic carbocycles. The molecule has 0 bridgehead atoms. The monoisotopic (exact) mass is 442 g/mol. The molecule has 0 spiro atoms. The van der Waals surface area contributed by atoms with E-state index in [1.54, 1.807) is 10.7 Å². The lowest BCUT2D eigenvalue weighted by molar-refractivity contribution is -0.116. The van der Waals surface area contributed by atoms with Crippen molar-refractivity contribution < 1.29 is 4.79 Å². The fourth-order valence-corrected chi connectivity index (χ4v) is 4.40. The average Bonchev–Trinajstić information content (AvgIpc) is 3.15. The molecule has 0 saturated heterocycles. The molecule has 0 aliphatic rings. The summed E-state index contributed by atoms with van der Waals surface area (Å²) < 4.78 is 3.30. The molecule has 0 saturated carbocycles. The van der Waals surface area contributed by atoms with E-state index in [1.807, 2.05) is 51.1 Å². The fraction of sp³-hybridized carbons (Fsp3) is 0.296. The molecule has 0 atom stereocenters. The normalized spacial score (nSPS) is 11.2. The van der Waals surface area contributed by atoms with E-state index in [9.17, 15) is 9.59 Å². The Morgan fingerprint density at radius 1 is 0.970 bits per heavy atom. The predicted molar refractivity (Wildman–Crippen MR) is 133 cm³/mol. The largest absolute Gasteiger partial charge is 0.324 e. The molecule has 2 heterocycles. The van der Waals surface area contributed by atoms with Gasteiger partial charge >= 0.3 is 0 Å². The minimum Gasteiger partial charge on any atom is -0.324 e. The molecular formula is C27H30N4O2. The highest BCUT2D eigenvalue weighted by Crippen LogP contribution is 2.25. The van der Waals surface area contributed by atoms with Gasteiger partial charge in [0.15, 0.2) is 0 Å². The van der Waals surface area contributed by atoms with Crippen LogP contribution in [0.4, 0.5) is 5.69 Å². The second-order valence-electron chi connectivity index (χ2n) is 8.48. The van der Waals surface area contributed by atoms with Crippen molar-refractivity contribution in [1.29, 1.82) is 0 Å². The van der Waals surface area contributed by atoms with Crippen molar-refractivity contribution in [1.82, 2.24) is 14.3 Å². The SMILES string of the molecule is CCc1ccc(-n2nc(C)c3c(C)cc(=O)n(CC(=O)Nc4c(C)cccc4CC)c32)cc1. The molecule has 1 amide bonds. The van der Waals surface area contributed by atoms with Crippen LogP contribution in [0.2, 0.25) is 0 Å². The molecule has 0 fully saturated rings. The number of hydrogen-bond donors (Lipinski definition) is 1. The Labute approximate surface area is 193 Å². The molecule has 4 aromatic rings. The number of anilines is 1. The molecule has 170 valence electrons. The molecule has 33 heavy (non-hydrogen) atoms. The van der Waals surface area contributed by atoms with Gasteiger partial charge in [-0.15, -0.1) is 0 Å². The summed E-state index contributed by atoms with van der Waals surface area (Å²) in [6.45, 7) is 9.90. The number of amides is 1. The minimum absolute atomic E-state index is 0.0920. The average molecular weight is 443 g/mol. The third-order valence-electron chi connectivity index (χ3n) is 6.19. The summed E-state index contributed by atoms with van der Waals surface area (Å²) in [7, 11) is 0. The number of pyridine rings is 1. The maximum Gasteiger partial charge on any atom is 0.252 e. The Hall–Kier alpha value is -3.67. The molecular weight excluding hydrogens is 412 g/mol. The van der Waals surface area contributed by atoms with Gasteiger partial charge < -0.3 is 5.32 Å². The fourth-order valence-electron chi connectivity index (χ4n) is 4.40. The first-order valence-corrected chi connectivity index (χ1v) is 11.4. The number of nitrogens with zero attached hydrogens (tertiary/aromatic N) is 3. The van der Waals surface area contributed by atoms with Gasteiger partial charge in [0.25, 0.3) is 5.56 Å². The highest BCUT2D eigenvalue weighted by atomic mass is 16.2. The van der Waals surface area contributed by atoms with Crippen molar-refractivity contribution in [2.24, 2.45) is 0 Å². The van der Waals surface area contributed by atoms with Gasteiger partial charge in [-0.2, -0.15) is 5.10 Å². The van der Waals surface area contributed by atoms with Gasteiger partial charge in [-0.1, -0.05) is 44.2 Å². The quantitative estimate of drug-likeness (QED) is 0.463.